The van der Waals surface area contributed by atoms with E-state index in [0.29, 0.717) is 0 Å². The molecule has 1 aromatic carbocycles. The topological polar surface area (TPSA) is 21.3 Å². The quantitative estimate of drug-likeness (QED) is 0.814. The van der Waals surface area contributed by atoms with Crippen LogP contribution in [0.2, 0.25) is 0 Å². The highest BCUT2D eigenvalue weighted by atomic mass is 79.9. The Hall–Kier alpha value is -1.00. The molecule has 1 N–H and O–H groups in total. The lowest BCUT2D eigenvalue weighted by Gasteiger charge is -2.19. The minimum Gasteiger partial charge on any atom is -0.496 e. The monoisotopic (exact) mass is 339 g/mol. The van der Waals surface area contributed by atoms with Gasteiger partial charge in [0.25, 0.3) is 0 Å². The fourth-order valence-corrected chi connectivity index (χ4v) is 3.94. The van der Waals surface area contributed by atoms with Gasteiger partial charge in [0.2, 0.25) is 0 Å². The average Bonchev–Trinajstić information content (AvgIpc) is 2.80. The summed E-state index contributed by atoms with van der Waals surface area (Å²) in [6.45, 7) is 6.32. The molecule has 0 bridgehead atoms. The Balaban J connectivity index is 2.27. The average molecular weight is 340 g/mol. The highest BCUT2D eigenvalue weighted by Gasteiger charge is 2.14. The Bertz CT molecular complexity index is 580. The molecule has 2 rings (SSSR count). The molecule has 0 saturated carbocycles. The fourth-order valence-electron chi connectivity index (χ4n) is 2.21. The number of aryl methyl sites for hydroxylation is 1. The number of benzene rings is 1. The van der Waals surface area contributed by atoms with Gasteiger partial charge in [-0.05, 0) is 59.8 Å². The third-order valence-electron chi connectivity index (χ3n) is 3.22. The predicted octanol–water partition coefficient (Wildman–Crippen LogP) is 5.31. The molecule has 102 valence electrons. The van der Waals surface area contributed by atoms with Crippen molar-refractivity contribution in [1.82, 2.24) is 0 Å². The smallest absolute Gasteiger partial charge is 0.126 e. The number of nitrogens with one attached hydrogen (secondary N) is 1. The zero-order valence-electron chi connectivity index (χ0n) is 11.6. The molecule has 4 heteroatoms. The van der Waals surface area contributed by atoms with Crippen LogP contribution in [0.25, 0.3) is 0 Å². The van der Waals surface area contributed by atoms with E-state index in [-0.39, 0.29) is 6.04 Å². The number of anilines is 1. The van der Waals surface area contributed by atoms with E-state index < -0.39 is 0 Å². The standard InChI is InChI=1S/C15H18BrNOS/c1-9-5-6-13(10(2)14(9)18-4)17-11(3)15-12(16)7-8-19-15/h5-8,11,17H,1-4H3. The molecule has 0 amide bonds. The van der Waals surface area contributed by atoms with Crippen molar-refractivity contribution in [2.24, 2.45) is 0 Å². The maximum absolute atomic E-state index is 5.47. The van der Waals surface area contributed by atoms with Crippen LogP contribution in [0.1, 0.15) is 29.0 Å². The highest BCUT2D eigenvalue weighted by Crippen LogP contribution is 2.34. The van der Waals surface area contributed by atoms with Gasteiger partial charge in [-0.15, -0.1) is 11.3 Å². The van der Waals surface area contributed by atoms with Gasteiger partial charge in [-0.1, -0.05) is 6.07 Å². The first-order valence-electron chi connectivity index (χ1n) is 6.18. The normalized spacial score (nSPS) is 12.3. The van der Waals surface area contributed by atoms with Crippen molar-refractivity contribution in [2.45, 2.75) is 26.8 Å². The van der Waals surface area contributed by atoms with Gasteiger partial charge in [-0.25, -0.2) is 0 Å². The van der Waals surface area contributed by atoms with E-state index in [4.69, 9.17) is 4.74 Å². The number of hydrogen-bond donors (Lipinski definition) is 1. The van der Waals surface area contributed by atoms with Crippen molar-refractivity contribution >= 4 is 33.0 Å². The summed E-state index contributed by atoms with van der Waals surface area (Å²) in [5.41, 5.74) is 3.44. The molecule has 0 fully saturated rings. The van der Waals surface area contributed by atoms with E-state index in [0.717, 1.165) is 27.0 Å². The van der Waals surface area contributed by atoms with Crippen molar-refractivity contribution in [3.8, 4) is 5.75 Å². The van der Waals surface area contributed by atoms with Crippen molar-refractivity contribution in [1.29, 1.82) is 0 Å². The lowest BCUT2D eigenvalue weighted by molar-refractivity contribution is 0.409. The van der Waals surface area contributed by atoms with Crippen LogP contribution in [0, 0.1) is 13.8 Å². The van der Waals surface area contributed by atoms with E-state index in [1.54, 1.807) is 18.4 Å². The van der Waals surface area contributed by atoms with Gasteiger partial charge in [-0.3, -0.25) is 0 Å². The second kappa shape index (κ2) is 5.97. The Morgan fingerprint density at radius 3 is 2.58 bits per heavy atom. The Morgan fingerprint density at radius 2 is 2.00 bits per heavy atom. The summed E-state index contributed by atoms with van der Waals surface area (Å²) in [7, 11) is 1.72. The van der Waals surface area contributed by atoms with Gasteiger partial charge < -0.3 is 10.1 Å². The molecule has 2 nitrogen and oxygen atoms in total. The second-order valence-corrected chi connectivity index (χ2v) is 6.39. The summed E-state index contributed by atoms with van der Waals surface area (Å²) in [4.78, 5) is 1.30. The maximum Gasteiger partial charge on any atom is 0.126 e. The SMILES string of the molecule is COc1c(C)ccc(NC(C)c2sccc2Br)c1C. The molecule has 0 radical (unpaired) electrons. The van der Waals surface area contributed by atoms with Crippen LogP contribution in [0.5, 0.6) is 5.75 Å². The van der Waals surface area contributed by atoms with Gasteiger partial charge in [-0.2, -0.15) is 0 Å². The molecule has 1 aromatic heterocycles. The molecule has 0 spiro atoms. The van der Waals surface area contributed by atoms with Gasteiger partial charge in [0.05, 0.1) is 13.2 Å². The lowest BCUT2D eigenvalue weighted by atomic mass is 10.1. The zero-order valence-corrected chi connectivity index (χ0v) is 14.0. The van der Waals surface area contributed by atoms with Crippen LogP contribution in [-0.4, -0.2) is 7.11 Å². The highest BCUT2D eigenvalue weighted by molar-refractivity contribution is 9.10. The molecule has 19 heavy (non-hydrogen) atoms. The first kappa shape index (κ1) is 14.4. The van der Waals surface area contributed by atoms with Crippen LogP contribution in [0.3, 0.4) is 0 Å². The van der Waals surface area contributed by atoms with Crippen LogP contribution < -0.4 is 10.1 Å². The number of methoxy groups -OCH3 is 1. The summed E-state index contributed by atoms with van der Waals surface area (Å²) >= 11 is 5.34. The molecule has 1 heterocycles. The lowest BCUT2D eigenvalue weighted by Crippen LogP contribution is -2.07. The minimum absolute atomic E-state index is 0.264. The molecule has 0 aliphatic rings. The third kappa shape index (κ3) is 2.95. The van der Waals surface area contributed by atoms with Crippen molar-refractivity contribution in [3.63, 3.8) is 0 Å². The van der Waals surface area contributed by atoms with Crippen LogP contribution in [-0.2, 0) is 0 Å². The summed E-state index contributed by atoms with van der Waals surface area (Å²) in [6, 6.07) is 6.55. The number of halogens is 1. The van der Waals surface area contributed by atoms with Crippen LogP contribution >= 0.6 is 27.3 Å². The molecule has 0 aliphatic heterocycles. The Labute approximate surface area is 126 Å². The maximum atomic E-state index is 5.47. The summed E-state index contributed by atoms with van der Waals surface area (Å²) in [6.07, 6.45) is 0. The van der Waals surface area contributed by atoms with Crippen molar-refractivity contribution < 1.29 is 4.74 Å². The number of rotatable bonds is 4. The molecule has 2 aromatic rings. The first-order chi connectivity index (χ1) is 9.04. The van der Waals surface area contributed by atoms with Crippen LogP contribution in [0.4, 0.5) is 5.69 Å². The zero-order chi connectivity index (χ0) is 14.0. The molecule has 1 atom stereocenters. The molecular formula is C15H18BrNOS. The number of thiophene rings is 1. The molecular weight excluding hydrogens is 322 g/mol. The molecule has 0 aliphatic carbocycles. The molecule has 0 saturated heterocycles. The van der Waals surface area contributed by atoms with Gasteiger partial charge in [0.15, 0.2) is 0 Å². The second-order valence-electron chi connectivity index (χ2n) is 4.59. The Morgan fingerprint density at radius 1 is 1.26 bits per heavy atom. The summed E-state index contributed by atoms with van der Waals surface area (Å²) < 4.78 is 6.63. The van der Waals surface area contributed by atoms with E-state index in [9.17, 15) is 0 Å². The van der Waals surface area contributed by atoms with E-state index >= 15 is 0 Å². The van der Waals surface area contributed by atoms with Gasteiger partial charge >= 0.3 is 0 Å². The van der Waals surface area contributed by atoms with E-state index in [1.165, 1.54) is 4.88 Å². The fraction of sp³-hybridized carbons (Fsp3) is 0.333. The van der Waals surface area contributed by atoms with Crippen molar-refractivity contribution in [3.05, 3.63) is 44.1 Å². The van der Waals surface area contributed by atoms with E-state index in [1.807, 2.05) is 0 Å². The Kier molecular flexibility index (Phi) is 4.53. The largest absolute Gasteiger partial charge is 0.496 e. The number of hydrogen-bond acceptors (Lipinski definition) is 3. The first-order valence-corrected chi connectivity index (χ1v) is 7.85. The van der Waals surface area contributed by atoms with Crippen LogP contribution in [0.15, 0.2) is 28.1 Å². The van der Waals surface area contributed by atoms with E-state index in [2.05, 4.69) is 65.6 Å². The predicted molar refractivity (Wildman–Crippen MR) is 86.5 cm³/mol. The van der Waals surface area contributed by atoms with Crippen molar-refractivity contribution in [2.75, 3.05) is 12.4 Å². The van der Waals surface area contributed by atoms with Gasteiger partial charge in [0, 0.05) is 20.6 Å². The minimum atomic E-state index is 0.264. The third-order valence-corrected chi connectivity index (χ3v) is 5.27. The molecule has 1 unspecified atom stereocenters. The summed E-state index contributed by atoms with van der Waals surface area (Å²) in [5.74, 6) is 0.961. The number of ether oxygens (including phenoxy) is 1. The summed E-state index contributed by atoms with van der Waals surface area (Å²) in [5, 5.41) is 5.65. The van der Waals surface area contributed by atoms with Gasteiger partial charge in [0.1, 0.15) is 5.75 Å².